The molecule has 1 heterocycles. The van der Waals surface area contributed by atoms with Gasteiger partial charge in [-0.2, -0.15) is 0 Å². The average molecular weight is 414 g/mol. The molecule has 22 heavy (non-hydrogen) atoms. The van der Waals surface area contributed by atoms with E-state index in [1.54, 1.807) is 0 Å². The lowest BCUT2D eigenvalue weighted by molar-refractivity contribution is 0.501. The number of hydrogen-bond acceptors (Lipinski definition) is 1. The van der Waals surface area contributed by atoms with Crippen LogP contribution in [-0.2, 0) is 6.42 Å². The van der Waals surface area contributed by atoms with Gasteiger partial charge in [0, 0.05) is 35.7 Å². The van der Waals surface area contributed by atoms with Crippen LogP contribution in [0.2, 0.25) is 0 Å². The van der Waals surface area contributed by atoms with Crippen molar-refractivity contribution < 1.29 is 0 Å². The Balaban J connectivity index is 0.00000242. The number of H-pyrrole nitrogens is 1. The van der Waals surface area contributed by atoms with E-state index in [1.807, 2.05) is 0 Å². The van der Waals surface area contributed by atoms with Gasteiger partial charge in [-0.05, 0) is 45.7 Å². The van der Waals surface area contributed by atoms with E-state index in [0.29, 0.717) is 0 Å². The second-order valence-corrected chi connectivity index (χ2v) is 6.25. The van der Waals surface area contributed by atoms with Crippen molar-refractivity contribution in [2.45, 2.75) is 39.7 Å². The molecule has 0 atom stereocenters. The summed E-state index contributed by atoms with van der Waals surface area (Å²) < 4.78 is 0. The topological polar surface area (TPSA) is 52.2 Å². The molecule has 0 bridgehead atoms. The second-order valence-electron chi connectivity index (χ2n) is 6.25. The zero-order chi connectivity index (χ0) is 15.3. The summed E-state index contributed by atoms with van der Waals surface area (Å²) >= 11 is 0. The Labute approximate surface area is 150 Å². The molecule has 0 fully saturated rings. The van der Waals surface area contributed by atoms with Gasteiger partial charge in [-0.3, -0.25) is 4.99 Å². The number of halogens is 1. The van der Waals surface area contributed by atoms with Gasteiger partial charge in [-0.1, -0.05) is 18.2 Å². The SMILES string of the molecule is CCNC(=NCCc1c[nH]c2ccccc12)NC(C)(C)C.I. The second kappa shape index (κ2) is 8.41. The molecular weight excluding hydrogens is 387 g/mol. The van der Waals surface area contributed by atoms with Crippen LogP contribution in [0.15, 0.2) is 35.5 Å². The number of nitrogens with zero attached hydrogens (tertiary/aromatic N) is 1. The first-order valence-corrected chi connectivity index (χ1v) is 7.61. The molecule has 0 saturated carbocycles. The van der Waals surface area contributed by atoms with Crippen molar-refractivity contribution in [1.29, 1.82) is 0 Å². The third kappa shape index (κ3) is 5.51. The third-order valence-electron chi connectivity index (χ3n) is 3.16. The minimum absolute atomic E-state index is 0. The number of benzene rings is 1. The summed E-state index contributed by atoms with van der Waals surface area (Å²) in [5.41, 5.74) is 2.53. The van der Waals surface area contributed by atoms with E-state index in [9.17, 15) is 0 Å². The van der Waals surface area contributed by atoms with Crippen LogP contribution in [0.4, 0.5) is 0 Å². The van der Waals surface area contributed by atoms with E-state index >= 15 is 0 Å². The molecule has 5 heteroatoms. The van der Waals surface area contributed by atoms with Crippen molar-refractivity contribution in [2.24, 2.45) is 4.99 Å². The van der Waals surface area contributed by atoms with Crippen LogP contribution < -0.4 is 10.6 Å². The van der Waals surface area contributed by atoms with E-state index in [1.165, 1.54) is 16.5 Å². The van der Waals surface area contributed by atoms with Crippen LogP contribution in [0.1, 0.15) is 33.3 Å². The van der Waals surface area contributed by atoms with Gasteiger partial charge in [0.1, 0.15) is 0 Å². The predicted octanol–water partition coefficient (Wildman–Crippen LogP) is 3.68. The first kappa shape index (κ1) is 18.8. The zero-order valence-corrected chi connectivity index (χ0v) is 16.2. The number of rotatable bonds is 4. The number of aliphatic imine (C=N–C) groups is 1. The lowest BCUT2D eigenvalue weighted by Crippen LogP contribution is -2.47. The summed E-state index contributed by atoms with van der Waals surface area (Å²) in [4.78, 5) is 7.97. The van der Waals surface area contributed by atoms with Crippen molar-refractivity contribution in [3.63, 3.8) is 0 Å². The van der Waals surface area contributed by atoms with E-state index in [4.69, 9.17) is 0 Å². The summed E-state index contributed by atoms with van der Waals surface area (Å²) in [5.74, 6) is 0.879. The number of hydrogen-bond donors (Lipinski definition) is 3. The fraction of sp³-hybridized carbons (Fsp3) is 0.471. The van der Waals surface area contributed by atoms with E-state index < -0.39 is 0 Å². The Morgan fingerprint density at radius 1 is 1.23 bits per heavy atom. The Hall–Kier alpha value is -1.24. The maximum absolute atomic E-state index is 4.66. The maximum atomic E-state index is 4.66. The molecule has 0 aliphatic rings. The first-order chi connectivity index (χ1) is 9.99. The first-order valence-electron chi connectivity index (χ1n) is 7.61. The van der Waals surface area contributed by atoms with Gasteiger partial charge < -0.3 is 15.6 Å². The highest BCUT2D eigenvalue weighted by Crippen LogP contribution is 2.17. The highest BCUT2D eigenvalue weighted by molar-refractivity contribution is 14.0. The van der Waals surface area contributed by atoms with E-state index in [2.05, 4.69) is 78.8 Å². The highest BCUT2D eigenvalue weighted by Gasteiger charge is 2.11. The minimum atomic E-state index is 0. The fourth-order valence-corrected chi connectivity index (χ4v) is 2.29. The molecule has 0 unspecified atom stereocenters. The molecule has 0 saturated heterocycles. The van der Waals surface area contributed by atoms with Gasteiger partial charge in [0.15, 0.2) is 5.96 Å². The summed E-state index contributed by atoms with van der Waals surface area (Å²) in [5, 5.41) is 7.99. The monoisotopic (exact) mass is 414 g/mol. The predicted molar refractivity (Wildman–Crippen MR) is 106 cm³/mol. The highest BCUT2D eigenvalue weighted by atomic mass is 127. The molecule has 0 amide bonds. The molecule has 3 N–H and O–H groups in total. The van der Waals surface area contributed by atoms with Gasteiger partial charge in [-0.25, -0.2) is 0 Å². The molecule has 4 nitrogen and oxygen atoms in total. The van der Waals surface area contributed by atoms with Crippen LogP contribution in [0.25, 0.3) is 10.9 Å². The Morgan fingerprint density at radius 2 is 1.95 bits per heavy atom. The van der Waals surface area contributed by atoms with Crippen molar-refractivity contribution in [1.82, 2.24) is 15.6 Å². The van der Waals surface area contributed by atoms with Crippen LogP contribution >= 0.6 is 24.0 Å². The van der Waals surface area contributed by atoms with Gasteiger partial charge in [-0.15, -0.1) is 24.0 Å². The Bertz CT molecular complexity index is 610. The quantitative estimate of drug-likeness (QED) is 0.406. The molecule has 0 aliphatic heterocycles. The summed E-state index contributed by atoms with van der Waals surface area (Å²) in [6.07, 6.45) is 3.02. The number of guanidine groups is 1. The van der Waals surface area contributed by atoms with Crippen molar-refractivity contribution >= 4 is 40.8 Å². The van der Waals surface area contributed by atoms with Gasteiger partial charge in [0.25, 0.3) is 0 Å². The largest absolute Gasteiger partial charge is 0.361 e. The zero-order valence-electron chi connectivity index (χ0n) is 13.9. The normalized spacial score (nSPS) is 12.1. The summed E-state index contributed by atoms with van der Waals surface area (Å²) in [7, 11) is 0. The average Bonchev–Trinajstić information content (AvgIpc) is 2.81. The lowest BCUT2D eigenvalue weighted by Gasteiger charge is -2.23. The van der Waals surface area contributed by atoms with E-state index in [-0.39, 0.29) is 29.5 Å². The number of para-hydroxylation sites is 1. The number of fused-ring (bicyclic) bond motifs is 1. The fourth-order valence-electron chi connectivity index (χ4n) is 2.29. The molecule has 0 aliphatic carbocycles. The molecule has 1 aromatic carbocycles. The van der Waals surface area contributed by atoms with E-state index in [0.717, 1.165) is 25.5 Å². The molecule has 2 aromatic rings. The van der Waals surface area contributed by atoms with Gasteiger partial charge in [0.2, 0.25) is 0 Å². The standard InChI is InChI=1S/C17H26N4.HI/c1-5-18-16(21-17(2,3)4)19-11-10-13-12-20-15-9-7-6-8-14(13)15;/h6-9,12,20H,5,10-11H2,1-4H3,(H2,18,19,21);1H. The van der Waals surface area contributed by atoms with Crippen LogP contribution in [0, 0.1) is 0 Å². The molecule has 1 aromatic heterocycles. The summed E-state index contributed by atoms with van der Waals surface area (Å²) in [6, 6.07) is 8.39. The smallest absolute Gasteiger partial charge is 0.191 e. The van der Waals surface area contributed by atoms with Crippen LogP contribution in [0.3, 0.4) is 0 Å². The molecular formula is C17H27IN4. The number of aromatic amines is 1. The molecule has 122 valence electrons. The van der Waals surface area contributed by atoms with Gasteiger partial charge >= 0.3 is 0 Å². The minimum Gasteiger partial charge on any atom is -0.361 e. The number of nitrogens with one attached hydrogen (secondary N) is 3. The van der Waals surface area contributed by atoms with Crippen LogP contribution in [-0.4, -0.2) is 29.6 Å². The summed E-state index contributed by atoms with van der Waals surface area (Å²) in [6.45, 7) is 10.1. The molecule has 0 spiro atoms. The van der Waals surface area contributed by atoms with Gasteiger partial charge in [0.05, 0.1) is 0 Å². The number of aromatic nitrogens is 1. The van der Waals surface area contributed by atoms with Crippen molar-refractivity contribution in [2.75, 3.05) is 13.1 Å². The van der Waals surface area contributed by atoms with Crippen molar-refractivity contribution in [3.05, 3.63) is 36.0 Å². The van der Waals surface area contributed by atoms with Crippen LogP contribution in [0.5, 0.6) is 0 Å². The molecule has 2 rings (SSSR count). The molecule has 0 radical (unpaired) electrons. The Kier molecular flexibility index (Phi) is 7.19. The third-order valence-corrected chi connectivity index (χ3v) is 3.16. The maximum Gasteiger partial charge on any atom is 0.191 e. The lowest BCUT2D eigenvalue weighted by atomic mass is 10.1. The Morgan fingerprint density at radius 3 is 2.64 bits per heavy atom. The van der Waals surface area contributed by atoms with Crippen molar-refractivity contribution in [3.8, 4) is 0 Å².